The summed E-state index contributed by atoms with van der Waals surface area (Å²) in [4.78, 5) is 2.31. The van der Waals surface area contributed by atoms with Crippen LogP contribution in [-0.2, 0) is 13.6 Å². The molecule has 0 aliphatic heterocycles. The fraction of sp³-hybridized carbons (Fsp3) is 1.00. The molecule has 108 valence electrons. The second kappa shape index (κ2) is 8.60. The molecular weight excluding hydrogens is 269 g/mol. The molecule has 18 heavy (non-hydrogen) atoms. The van der Waals surface area contributed by atoms with Crippen LogP contribution in [-0.4, -0.2) is 43.5 Å². The van der Waals surface area contributed by atoms with Crippen molar-refractivity contribution in [3.63, 3.8) is 0 Å². The lowest BCUT2D eigenvalue weighted by Crippen LogP contribution is -2.25. The molecule has 1 unspecified atom stereocenters. The van der Waals surface area contributed by atoms with Crippen molar-refractivity contribution in [2.45, 2.75) is 45.6 Å². The Labute approximate surface area is 115 Å². The second-order valence-electron chi connectivity index (χ2n) is 4.50. The van der Waals surface area contributed by atoms with Gasteiger partial charge < -0.3 is 9.42 Å². The largest absolute Gasteiger partial charge is 0.389 e. The summed E-state index contributed by atoms with van der Waals surface area (Å²) in [6.07, 6.45) is 4.53. The van der Waals surface area contributed by atoms with Gasteiger partial charge in [-0.2, -0.15) is 0 Å². The van der Waals surface area contributed by atoms with Crippen molar-refractivity contribution >= 4 is 18.2 Å². The third-order valence-electron chi connectivity index (χ3n) is 3.36. The molecule has 0 spiro atoms. The third-order valence-corrected chi connectivity index (χ3v) is 7.24. The van der Waals surface area contributed by atoms with Crippen molar-refractivity contribution < 1.29 is 13.6 Å². The van der Waals surface area contributed by atoms with Gasteiger partial charge in [-0.1, -0.05) is 26.7 Å². The summed E-state index contributed by atoms with van der Waals surface area (Å²) < 4.78 is 23.2. The van der Waals surface area contributed by atoms with E-state index in [0.717, 1.165) is 38.2 Å². The van der Waals surface area contributed by atoms with Crippen LogP contribution in [0.1, 0.15) is 39.5 Å². The van der Waals surface area contributed by atoms with Gasteiger partial charge in [0, 0.05) is 19.4 Å². The molecule has 6 heteroatoms. The summed E-state index contributed by atoms with van der Waals surface area (Å²) in [5.74, 6) is 0.791. The molecule has 0 aromatic heterocycles. The van der Waals surface area contributed by atoms with E-state index in [1.165, 1.54) is 31.3 Å². The van der Waals surface area contributed by atoms with Crippen molar-refractivity contribution in [1.29, 1.82) is 0 Å². The van der Waals surface area contributed by atoms with Crippen LogP contribution >= 0.6 is 18.2 Å². The predicted molar refractivity (Wildman–Crippen MR) is 78.2 cm³/mol. The van der Waals surface area contributed by atoms with Gasteiger partial charge in [0.2, 0.25) is 0 Å². The molecule has 4 nitrogen and oxygen atoms in total. The lowest BCUT2D eigenvalue weighted by atomic mass is 10.3. The van der Waals surface area contributed by atoms with Gasteiger partial charge in [-0.15, -0.1) is 0 Å². The fourth-order valence-corrected chi connectivity index (χ4v) is 5.30. The first-order valence-electron chi connectivity index (χ1n) is 6.84. The van der Waals surface area contributed by atoms with E-state index in [1.54, 1.807) is 0 Å². The molecule has 0 aromatic rings. The second-order valence-corrected chi connectivity index (χ2v) is 8.75. The molecule has 0 aromatic carbocycles. The average Bonchev–Trinajstić information content (AvgIpc) is 2.87. The van der Waals surface area contributed by atoms with E-state index in [0.29, 0.717) is 0 Å². The van der Waals surface area contributed by atoms with E-state index in [-0.39, 0.29) is 6.10 Å². The smallest absolute Gasteiger partial charge is 0.304 e. The maximum atomic E-state index is 12.4. The number of rotatable bonds is 9. The van der Waals surface area contributed by atoms with Crippen molar-refractivity contribution in [2.24, 2.45) is 0 Å². The molecule has 1 rings (SSSR count). The highest BCUT2D eigenvalue weighted by Crippen LogP contribution is 2.61. The zero-order valence-corrected chi connectivity index (χ0v) is 13.5. The highest BCUT2D eigenvalue weighted by molar-refractivity contribution is 8.55. The van der Waals surface area contributed by atoms with E-state index >= 15 is 0 Å². The normalized spacial score (nSPS) is 20.4. The Balaban J connectivity index is 2.32. The quantitative estimate of drug-likeness (QED) is 0.605. The first-order valence-corrected chi connectivity index (χ1v) is 9.98. The summed E-state index contributed by atoms with van der Waals surface area (Å²) in [5, 5.41) is 0. The predicted octanol–water partition coefficient (Wildman–Crippen LogP) is 3.78. The summed E-state index contributed by atoms with van der Waals surface area (Å²) in [7, 11) is 1.49. The number of nitrogens with zero attached hydrogens (tertiary/aromatic N) is 1. The molecule has 1 aliphatic carbocycles. The maximum absolute atomic E-state index is 12.4. The Morgan fingerprint density at radius 3 is 2.39 bits per heavy atom. The van der Waals surface area contributed by atoms with Crippen molar-refractivity contribution in [3.05, 3.63) is 0 Å². The van der Waals surface area contributed by atoms with Gasteiger partial charge >= 0.3 is 6.80 Å². The standard InChI is InChI=1S/C12H26NO3PS/c1-4-13(5-2)10-11-18-17(14,15-3)16-12-8-6-7-9-12/h12H,4-11H2,1-3H3. The molecule has 0 radical (unpaired) electrons. The van der Waals surface area contributed by atoms with Crippen molar-refractivity contribution in [1.82, 2.24) is 4.90 Å². The van der Waals surface area contributed by atoms with Crippen LogP contribution in [0.5, 0.6) is 0 Å². The Hall–Kier alpha value is 0.460. The van der Waals surface area contributed by atoms with Crippen LogP contribution in [0.2, 0.25) is 0 Å². The third kappa shape index (κ3) is 5.62. The minimum absolute atomic E-state index is 0.136. The van der Waals surface area contributed by atoms with E-state index in [2.05, 4.69) is 18.7 Å². The molecule has 0 saturated heterocycles. The van der Waals surface area contributed by atoms with Crippen LogP contribution in [0.4, 0.5) is 0 Å². The molecule has 1 atom stereocenters. The monoisotopic (exact) mass is 295 g/mol. The Bertz CT molecular complexity index is 268. The molecule has 1 saturated carbocycles. The molecule has 0 amide bonds. The fourth-order valence-electron chi connectivity index (χ4n) is 2.12. The SMILES string of the molecule is CCN(CC)CCSP(=O)(OC)OC1CCCC1. The molecular formula is C12H26NO3PS. The molecule has 0 N–H and O–H groups in total. The molecule has 1 aliphatic rings. The Morgan fingerprint density at radius 2 is 1.89 bits per heavy atom. The summed E-state index contributed by atoms with van der Waals surface area (Å²) in [6.45, 7) is 4.32. The minimum Gasteiger partial charge on any atom is -0.304 e. The lowest BCUT2D eigenvalue weighted by Gasteiger charge is -2.22. The van der Waals surface area contributed by atoms with Gasteiger partial charge in [0.25, 0.3) is 0 Å². The van der Waals surface area contributed by atoms with Gasteiger partial charge in [0.05, 0.1) is 6.10 Å². The van der Waals surface area contributed by atoms with Gasteiger partial charge in [-0.25, -0.2) is 4.57 Å². The summed E-state index contributed by atoms with van der Waals surface area (Å²) >= 11 is 1.34. The highest BCUT2D eigenvalue weighted by atomic mass is 32.7. The Morgan fingerprint density at radius 1 is 1.28 bits per heavy atom. The van der Waals surface area contributed by atoms with E-state index in [4.69, 9.17) is 9.05 Å². The van der Waals surface area contributed by atoms with Crippen molar-refractivity contribution in [3.8, 4) is 0 Å². The van der Waals surface area contributed by atoms with Gasteiger partial charge in [-0.3, -0.25) is 4.52 Å². The van der Waals surface area contributed by atoms with Crippen molar-refractivity contribution in [2.75, 3.05) is 32.5 Å². The zero-order valence-electron chi connectivity index (χ0n) is 11.8. The van der Waals surface area contributed by atoms with Crippen LogP contribution < -0.4 is 0 Å². The van der Waals surface area contributed by atoms with E-state index in [1.807, 2.05) is 0 Å². The van der Waals surface area contributed by atoms with Crippen LogP contribution in [0.15, 0.2) is 0 Å². The first kappa shape index (κ1) is 16.5. The van der Waals surface area contributed by atoms with Crippen LogP contribution in [0.3, 0.4) is 0 Å². The lowest BCUT2D eigenvalue weighted by molar-refractivity contribution is 0.178. The molecule has 0 heterocycles. The van der Waals surface area contributed by atoms with Crippen LogP contribution in [0, 0.1) is 0 Å². The van der Waals surface area contributed by atoms with E-state index < -0.39 is 6.80 Å². The molecule has 1 fully saturated rings. The maximum Gasteiger partial charge on any atom is 0.389 e. The zero-order chi connectivity index (χ0) is 13.4. The minimum atomic E-state index is -2.94. The average molecular weight is 295 g/mol. The van der Waals surface area contributed by atoms with Crippen LogP contribution in [0.25, 0.3) is 0 Å². The number of hydrogen-bond donors (Lipinski definition) is 0. The highest BCUT2D eigenvalue weighted by Gasteiger charge is 2.30. The number of hydrogen-bond acceptors (Lipinski definition) is 5. The summed E-state index contributed by atoms with van der Waals surface area (Å²) in [6, 6.07) is 0. The van der Waals surface area contributed by atoms with Gasteiger partial charge in [0.1, 0.15) is 0 Å². The van der Waals surface area contributed by atoms with Gasteiger partial charge in [0.15, 0.2) is 0 Å². The van der Waals surface area contributed by atoms with E-state index in [9.17, 15) is 4.57 Å². The summed E-state index contributed by atoms with van der Waals surface area (Å²) in [5.41, 5.74) is 0. The van der Waals surface area contributed by atoms with Gasteiger partial charge in [-0.05, 0) is 37.3 Å². The Kier molecular flexibility index (Phi) is 7.89. The first-order chi connectivity index (χ1) is 8.63. The molecule has 0 bridgehead atoms. The topological polar surface area (TPSA) is 38.8 Å².